The summed E-state index contributed by atoms with van der Waals surface area (Å²) in [7, 11) is 0. The molecule has 104 valence electrons. The first-order valence-corrected chi connectivity index (χ1v) is 6.80. The van der Waals surface area contributed by atoms with E-state index in [1.54, 1.807) is 0 Å². The first-order chi connectivity index (χ1) is 8.63. The molecule has 0 spiro atoms. The molecular weight excluding hydrogens is 228 g/mol. The topological polar surface area (TPSA) is 62.6 Å². The third-order valence-corrected chi connectivity index (χ3v) is 3.22. The lowest BCUT2D eigenvalue weighted by molar-refractivity contribution is 0.117. The minimum Gasteiger partial charge on any atom is -0.465 e. The number of hydrogen-bond acceptors (Lipinski definition) is 4. The smallest absolute Gasteiger partial charge is 0.122 e. The van der Waals surface area contributed by atoms with Gasteiger partial charge in [-0.1, -0.05) is 13.8 Å². The second-order valence-corrected chi connectivity index (χ2v) is 4.72. The van der Waals surface area contributed by atoms with Gasteiger partial charge in [0.15, 0.2) is 0 Å². The van der Waals surface area contributed by atoms with Gasteiger partial charge in [-0.15, -0.1) is 0 Å². The van der Waals surface area contributed by atoms with E-state index in [4.69, 9.17) is 10.2 Å². The minimum atomic E-state index is 0.0219. The van der Waals surface area contributed by atoms with Gasteiger partial charge in [-0.25, -0.2) is 0 Å². The molecule has 2 unspecified atom stereocenters. The molecule has 0 fully saturated rings. The van der Waals surface area contributed by atoms with Gasteiger partial charge in [0.25, 0.3) is 0 Å². The van der Waals surface area contributed by atoms with Gasteiger partial charge in [0.2, 0.25) is 0 Å². The minimum absolute atomic E-state index is 0.0219. The van der Waals surface area contributed by atoms with Crippen molar-refractivity contribution in [3.05, 3.63) is 23.7 Å². The first-order valence-electron chi connectivity index (χ1n) is 6.80. The maximum absolute atomic E-state index is 9.21. The summed E-state index contributed by atoms with van der Waals surface area (Å²) in [6.07, 6.45) is 1.92. The Balaban J connectivity index is 2.94. The number of nitrogens with zero attached hydrogens (tertiary/aromatic N) is 1. The molecule has 1 aromatic heterocycles. The van der Waals surface area contributed by atoms with Gasteiger partial charge >= 0.3 is 0 Å². The molecule has 0 amide bonds. The van der Waals surface area contributed by atoms with Gasteiger partial charge in [-0.2, -0.15) is 0 Å². The third kappa shape index (κ3) is 3.83. The van der Waals surface area contributed by atoms with Gasteiger partial charge in [0, 0.05) is 12.6 Å². The molecule has 1 aromatic rings. The van der Waals surface area contributed by atoms with Crippen molar-refractivity contribution in [3.63, 3.8) is 0 Å². The van der Waals surface area contributed by atoms with Gasteiger partial charge in [0.1, 0.15) is 11.5 Å². The molecule has 2 atom stereocenters. The van der Waals surface area contributed by atoms with E-state index in [-0.39, 0.29) is 18.7 Å². The highest BCUT2D eigenvalue weighted by molar-refractivity contribution is 5.12. The van der Waals surface area contributed by atoms with E-state index >= 15 is 0 Å². The van der Waals surface area contributed by atoms with Gasteiger partial charge < -0.3 is 15.3 Å². The molecule has 0 saturated carbocycles. The lowest BCUT2D eigenvalue weighted by atomic mass is 10.0. The normalized spacial score (nSPS) is 15.0. The summed E-state index contributed by atoms with van der Waals surface area (Å²) < 4.78 is 5.74. The van der Waals surface area contributed by atoms with Crippen LogP contribution < -0.4 is 5.73 Å². The predicted molar refractivity (Wildman–Crippen MR) is 73.4 cm³/mol. The fourth-order valence-corrected chi connectivity index (χ4v) is 2.30. The van der Waals surface area contributed by atoms with Crippen LogP contribution in [0.25, 0.3) is 0 Å². The van der Waals surface area contributed by atoms with Crippen LogP contribution >= 0.6 is 0 Å². The van der Waals surface area contributed by atoms with E-state index < -0.39 is 0 Å². The largest absolute Gasteiger partial charge is 0.465 e. The predicted octanol–water partition coefficient (Wildman–Crippen LogP) is 2.07. The highest BCUT2D eigenvalue weighted by Gasteiger charge is 2.27. The zero-order chi connectivity index (χ0) is 13.5. The van der Waals surface area contributed by atoms with Crippen molar-refractivity contribution >= 4 is 0 Å². The van der Waals surface area contributed by atoms with Crippen LogP contribution in [0, 0.1) is 6.92 Å². The van der Waals surface area contributed by atoms with Crippen molar-refractivity contribution in [1.82, 2.24) is 4.90 Å². The molecule has 1 rings (SSSR count). The highest BCUT2D eigenvalue weighted by atomic mass is 16.3. The van der Waals surface area contributed by atoms with Crippen LogP contribution in [0.15, 0.2) is 16.5 Å². The molecule has 0 aromatic carbocycles. The van der Waals surface area contributed by atoms with E-state index in [2.05, 4.69) is 18.7 Å². The summed E-state index contributed by atoms with van der Waals surface area (Å²) >= 11 is 0. The summed E-state index contributed by atoms with van der Waals surface area (Å²) in [6.45, 7) is 7.84. The Labute approximate surface area is 110 Å². The highest BCUT2D eigenvalue weighted by Crippen LogP contribution is 2.26. The lowest BCUT2D eigenvalue weighted by Crippen LogP contribution is -2.42. The van der Waals surface area contributed by atoms with Crippen molar-refractivity contribution < 1.29 is 9.52 Å². The molecule has 4 nitrogen and oxygen atoms in total. The van der Waals surface area contributed by atoms with Crippen LogP contribution in [-0.4, -0.2) is 35.7 Å². The molecule has 1 heterocycles. The van der Waals surface area contributed by atoms with Crippen LogP contribution in [-0.2, 0) is 0 Å². The molecule has 0 bridgehead atoms. The van der Waals surface area contributed by atoms with Gasteiger partial charge in [-0.05, 0) is 38.4 Å². The van der Waals surface area contributed by atoms with Crippen LogP contribution in [0.1, 0.15) is 44.3 Å². The summed E-state index contributed by atoms with van der Waals surface area (Å²) in [5.74, 6) is 1.81. The Morgan fingerprint density at radius 3 is 2.50 bits per heavy atom. The quantitative estimate of drug-likeness (QED) is 0.745. The molecule has 18 heavy (non-hydrogen) atoms. The number of aryl methyl sites for hydroxylation is 1. The van der Waals surface area contributed by atoms with E-state index in [0.717, 1.165) is 30.9 Å². The molecule has 0 radical (unpaired) electrons. The van der Waals surface area contributed by atoms with Crippen LogP contribution in [0.3, 0.4) is 0 Å². The zero-order valence-electron chi connectivity index (χ0n) is 11.7. The Hall–Kier alpha value is -0.840. The molecular formula is C14H26N2O2. The Bertz CT molecular complexity index is 332. The number of aliphatic hydroxyl groups excluding tert-OH is 1. The second-order valence-electron chi connectivity index (χ2n) is 4.72. The third-order valence-electron chi connectivity index (χ3n) is 3.22. The Kier molecular flexibility index (Phi) is 6.39. The van der Waals surface area contributed by atoms with Crippen LogP contribution in [0.2, 0.25) is 0 Å². The maximum Gasteiger partial charge on any atom is 0.122 e. The standard InChI is InChI=1S/C14H26N2O2/c1-4-8-16(9-10-17)14(12(15)5-2)13-7-6-11(3)18-13/h6-7,12,14,17H,4-5,8-10,15H2,1-3H3. The fraction of sp³-hybridized carbons (Fsp3) is 0.714. The van der Waals surface area contributed by atoms with E-state index in [1.807, 2.05) is 19.1 Å². The monoisotopic (exact) mass is 254 g/mol. The summed E-state index contributed by atoms with van der Waals surface area (Å²) in [6, 6.07) is 4.04. The van der Waals surface area contributed by atoms with Gasteiger partial charge in [-0.3, -0.25) is 4.90 Å². The number of aliphatic hydroxyl groups is 1. The van der Waals surface area contributed by atoms with E-state index in [9.17, 15) is 5.11 Å². The van der Waals surface area contributed by atoms with E-state index in [0.29, 0.717) is 6.54 Å². The molecule has 0 aliphatic carbocycles. The summed E-state index contributed by atoms with van der Waals surface area (Å²) in [5, 5.41) is 9.21. The molecule has 0 aliphatic rings. The maximum atomic E-state index is 9.21. The summed E-state index contributed by atoms with van der Waals surface area (Å²) in [4.78, 5) is 2.21. The molecule has 4 heteroatoms. The van der Waals surface area contributed by atoms with Crippen molar-refractivity contribution in [2.45, 2.75) is 45.7 Å². The van der Waals surface area contributed by atoms with Crippen molar-refractivity contribution in [2.24, 2.45) is 5.73 Å². The zero-order valence-corrected chi connectivity index (χ0v) is 11.7. The average Bonchev–Trinajstić information content (AvgIpc) is 2.76. The number of rotatable bonds is 8. The second kappa shape index (κ2) is 7.56. The van der Waals surface area contributed by atoms with Gasteiger partial charge in [0.05, 0.1) is 12.6 Å². The lowest BCUT2D eigenvalue weighted by Gasteiger charge is -2.33. The van der Waals surface area contributed by atoms with Crippen molar-refractivity contribution in [3.8, 4) is 0 Å². The number of furan rings is 1. The fourth-order valence-electron chi connectivity index (χ4n) is 2.30. The van der Waals surface area contributed by atoms with Crippen molar-refractivity contribution in [2.75, 3.05) is 19.7 Å². The van der Waals surface area contributed by atoms with E-state index in [1.165, 1.54) is 0 Å². The Morgan fingerprint density at radius 2 is 2.06 bits per heavy atom. The van der Waals surface area contributed by atoms with Crippen molar-refractivity contribution in [1.29, 1.82) is 0 Å². The molecule has 0 aliphatic heterocycles. The van der Waals surface area contributed by atoms with Crippen LogP contribution in [0.5, 0.6) is 0 Å². The Morgan fingerprint density at radius 1 is 1.33 bits per heavy atom. The number of nitrogens with two attached hydrogens (primary N) is 1. The first kappa shape index (κ1) is 15.2. The SMILES string of the molecule is CCCN(CCO)C(c1ccc(C)o1)C(N)CC. The number of hydrogen-bond donors (Lipinski definition) is 2. The molecule has 3 N–H and O–H groups in total. The molecule has 0 saturated heterocycles. The summed E-state index contributed by atoms with van der Waals surface area (Å²) in [5.41, 5.74) is 6.24. The van der Waals surface area contributed by atoms with Crippen LogP contribution in [0.4, 0.5) is 0 Å². The average molecular weight is 254 g/mol.